The summed E-state index contributed by atoms with van der Waals surface area (Å²) in [7, 11) is -4.05. The number of imidazole rings is 1. The highest BCUT2D eigenvalue weighted by Crippen LogP contribution is 2.33. The molecular weight excluding hydrogens is 465 g/mol. The number of aryl methyl sites for hydroxylation is 1. The number of benzene rings is 2. The molecule has 4 rings (SSSR count). The van der Waals surface area contributed by atoms with Crippen molar-refractivity contribution in [1.82, 2.24) is 19.3 Å². The van der Waals surface area contributed by atoms with E-state index in [1.165, 1.54) is 24.4 Å². The molecule has 2 aromatic carbocycles. The summed E-state index contributed by atoms with van der Waals surface area (Å²) in [6.45, 7) is 3.65. The van der Waals surface area contributed by atoms with Crippen LogP contribution in [0.15, 0.2) is 53.6 Å². The van der Waals surface area contributed by atoms with E-state index in [0.29, 0.717) is 28.3 Å². The van der Waals surface area contributed by atoms with Gasteiger partial charge in [0.2, 0.25) is 10.0 Å². The van der Waals surface area contributed by atoms with Crippen molar-refractivity contribution in [1.29, 1.82) is 0 Å². The first-order chi connectivity index (χ1) is 15.0. The van der Waals surface area contributed by atoms with Gasteiger partial charge in [0.15, 0.2) is 0 Å². The lowest BCUT2D eigenvalue weighted by atomic mass is 10.2. The Labute approximate surface area is 187 Å². The van der Waals surface area contributed by atoms with E-state index in [2.05, 4.69) is 14.7 Å². The quantitative estimate of drug-likeness (QED) is 0.418. The highest BCUT2D eigenvalue weighted by Gasteiger charge is 2.32. The maximum atomic E-state index is 13.2. The fourth-order valence-electron chi connectivity index (χ4n) is 3.66. The summed E-state index contributed by atoms with van der Waals surface area (Å²) >= 11 is 6.16. The van der Waals surface area contributed by atoms with Crippen LogP contribution in [-0.2, 0) is 22.7 Å². The smallest absolute Gasteiger partial charge is 0.327 e. The Morgan fingerprint density at radius 3 is 2.62 bits per heavy atom. The van der Waals surface area contributed by atoms with Gasteiger partial charge in [0.1, 0.15) is 10.7 Å². The number of aromatic nitrogens is 3. The first-order valence-corrected chi connectivity index (χ1v) is 11.5. The number of halogens is 4. The molecule has 4 aromatic rings. The molecule has 0 unspecified atom stereocenters. The molecule has 1 N–H and O–H groups in total. The predicted octanol–water partition coefficient (Wildman–Crippen LogP) is 5.32. The van der Waals surface area contributed by atoms with Gasteiger partial charge in [-0.15, -0.1) is 0 Å². The number of hydrogen-bond acceptors (Lipinski definition) is 4. The van der Waals surface area contributed by atoms with Crippen molar-refractivity contribution in [2.45, 2.75) is 37.5 Å². The van der Waals surface area contributed by atoms with E-state index in [4.69, 9.17) is 11.6 Å². The lowest BCUT2D eigenvalue weighted by molar-refractivity contribution is -0.137. The van der Waals surface area contributed by atoms with Crippen LogP contribution in [0.3, 0.4) is 0 Å². The van der Waals surface area contributed by atoms with Gasteiger partial charge < -0.3 is 4.57 Å². The molecule has 0 amide bonds. The first kappa shape index (κ1) is 22.5. The monoisotopic (exact) mass is 482 g/mol. The van der Waals surface area contributed by atoms with E-state index in [1.807, 2.05) is 0 Å². The van der Waals surface area contributed by atoms with Gasteiger partial charge in [0.25, 0.3) is 0 Å². The Hall–Kier alpha value is -2.69. The van der Waals surface area contributed by atoms with E-state index < -0.39 is 27.8 Å². The number of sulfonamides is 1. The molecule has 2 heterocycles. The van der Waals surface area contributed by atoms with Gasteiger partial charge in [-0.05, 0) is 56.3 Å². The number of nitrogens with one attached hydrogen (secondary N) is 1. The summed E-state index contributed by atoms with van der Waals surface area (Å²) in [5.41, 5.74) is 0.0538. The third-order valence-corrected chi connectivity index (χ3v) is 7.01. The summed E-state index contributed by atoms with van der Waals surface area (Å²) in [5.74, 6) is 0.302. The second-order valence-electron chi connectivity index (χ2n) is 7.20. The third kappa shape index (κ3) is 3.94. The average molecular weight is 483 g/mol. The van der Waals surface area contributed by atoms with Crippen LogP contribution < -0.4 is 4.72 Å². The van der Waals surface area contributed by atoms with Gasteiger partial charge in [-0.25, -0.2) is 18.1 Å². The van der Waals surface area contributed by atoms with Crippen LogP contribution in [0, 0.1) is 0 Å². The highest BCUT2D eigenvalue weighted by atomic mass is 35.5. The summed E-state index contributed by atoms with van der Waals surface area (Å²) in [6, 6.07) is 8.60. The van der Waals surface area contributed by atoms with Crippen LogP contribution in [0.5, 0.6) is 0 Å². The fourth-order valence-corrected chi connectivity index (χ4v) is 5.24. The molecule has 6 nitrogen and oxygen atoms in total. The Morgan fingerprint density at radius 1 is 1.19 bits per heavy atom. The maximum Gasteiger partial charge on any atom is 0.416 e. The van der Waals surface area contributed by atoms with Gasteiger partial charge in [0.05, 0.1) is 33.2 Å². The van der Waals surface area contributed by atoms with Gasteiger partial charge >= 0.3 is 6.18 Å². The molecule has 2 aromatic heterocycles. The number of pyridine rings is 1. The zero-order valence-electron chi connectivity index (χ0n) is 17.0. The van der Waals surface area contributed by atoms with E-state index in [1.54, 1.807) is 30.5 Å². The normalized spacial score (nSPS) is 13.7. The third-order valence-electron chi connectivity index (χ3n) is 5.11. The molecule has 0 saturated carbocycles. The van der Waals surface area contributed by atoms with Crippen LogP contribution in [0.2, 0.25) is 5.02 Å². The van der Waals surface area contributed by atoms with Gasteiger partial charge in [-0.1, -0.05) is 11.6 Å². The molecule has 0 radical (unpaired) electrons. The van der Waals surface area contributed by atoms with Gasteiger partial charge in [-0.2, -0.15) is 13.2 Å². The molecule has 0 spiro atoms. The zero-order valence-corrected chi connectivity index (χ0v) is 18.6. The van der Waals surface area contributed by atoms with Gasteiger partial charge in [-0.3, -0.25) is 4.98 Å². The van der Waals surface area contributed by atoms with Crippen molar-refractivity contribution in [3.05, 3.63) is 65.1 Å². The summed E-state index contributed by atoms with van der Waals surface area (Å²) in [6.07, 6.45) is -3.02. The Balaban J connectivity index is 1.76. The minimum atomic E-state index is -4.49. The molecule has 168 valence electrons. The predicted molar refractivity (Wildman–Crippen MR) is 116 cm³/mol. The van der Waals surface area contributed by atoms with Crippen LogP contribution in [-0.4, -0.2) is 23.0 Å². The van der Waals surface area contributed by atoms with Gasteiger partial charge in [0, 0.05) is 18.1 Å². The second-order valence-corrected chi connectivity index (χ2v) is 9.29. The summed E-state index contributed by atoms with van der Waals surface area (Å²) < 4.78 is 69.9. The van der Waals surface area contributed by atoms with E-state index in [-0.39, 0.29) is 15.9 Å². The molecule has 0 bridgehead atoms. The number of alkyl halides is 3. The fraction of sp³-hybridized carbons (Fsp3) is 0.238. The topological polar surface area (TPSA) is 76.9 Å². The van der Waals surface area contributed by atoms with Crippen molar-refractivity contribution >= 4 is 43.6 Å². The second kappa shape index (κ2) is 8.02. The molecule has 0 fully saturated rings. The SMILES string of the molecule is CCn1c([C@@H](C)NS(=O)(=O)c2ccc(Cl)c3cccnc23)nc2ccc(C(F)(F)F)cc21. The molecular formula is C21H18ClF3N4O2S. The largest absolute Gasteiger partial charge is 0.416 e. The molecule has 0 saturated heterocycles. The van der Waals surface area contributed by atoms with E-state index >= 15 is 0 Å². The number of nitrogens with zero attached hydrogens (tertiary/aromatic N) is 3. The molecule has 32 heavy (non-hydrogen) atoms. The minimum Gasteiger partial charge on any atom is -0.327 e. The Kier molecular flexibility index (Phi) is 5.64. The summed E-state index contributed by atoms with van der Waals surface area (Å²) in [4.78, 5) is 8.50. The Bertz CT molecular complexity index is 1430. The number of hydrogen-bond donors (Lipinski definition) is 1. The highest BCUT2D eigenvalue weighted by molar-refractivity contribution is 7.89. The standard InChI is InChI=1S/C21H18ClF3N4O2S/c1-3-29-17-11-13(21(23,24)25)6-8-16(17)27-20(29)12(2)28-32(30,31)18-9-7-15(22)14-5-4-10-26-19(14)18/h4-12,28H,3H2,1-2H3/t12-/m1/s1. The molecule has 0 aliphatic rings. The number of rotatable bonds is 5. The lowest BCUT2D eigenvalue weighted by Gasteiger charge is -2.16. The molecule has 0 aliphatic carbocycles. The van der Waals surface area contributed by atoms with Crippen molar-refractivity contribution < 1.29 is 21.6 Å². The van der Waals surface area contributed by atoms with Crippen LogP contribution in [0.4, 0.5) is 13.2 Å². The minimum absolute atomic E-state index is 0.0529. The average Bonchev–Trinajstić information content (AvgIpc) is 3.11. The zero-order chi connectivity index (χ0) is 23.3. The lowest BCUT2D eigenvalue weighted by Crippen LogP contribution is -2.29. The van der Waals surface area contributed by atoms with Crippen LogP contribution in [0.1, 0.15) is 31.3 Å². The van der Waals surface area contributed by atoms with Crippen LogP contribution >= 0.6 is 11.6 Å². The number of fused-ring (bicyclic) bond motifs is 2. The Morgan fingerprint density at radius 2 is 1.94 bits per heavy atom. The summed E-state index contributed by atoms with van der Waals surface area (Å²) in [5, 5.41) is 0.860. The maximum absolute atomic E-state index is 13.2. The van der Waals surface area contributed by atoms with Crippen molar-refractivity contribution in [2.75, 3.05) is 0 Å². The van der Waals surface area contributed by atoms with Crippen LogP contribution in [0.25, 0.3) is 21.9 Å². The first-order valence-electron chi connectivity index (χ1n) is 9.66. The van der Waals surface area contributed by atoms with Crippen molar-refractivity contribution in [2.24, 2.45) is 0 Å². The van der Waals surface area contributed by atoms with Crippen molar-refractivity contribution in [3.8, 4) is 0 Å². The molecule has 0 aliphatic heterocycles. The van der Waals surface area contributed by atoms with Crippen molar-refractivity contribution in [3.63, 3.8) is 0 Å². The van der Waals surface area contributed by atoms with E-state index in [0.717, 1.165) is 12.1 Å². The molecule has 11 heteroatoms. The van der Waals surface area contributed by atoms with E-state index in [9.17, 15) is 21.6 Å². The molecule has 1 atom stereocenters.